The Morgan fingerprint density at radius 1 is 1.24 bits per heavy atom. The summed E-state index contributed by atoms with van der Waals surface area (Å²) in [5, 5.41) is 1.21. The van der Waals surface area contributed by atoms with Gasteiger partial charge >= 0.3 is 0 Å². The minimum Gasteiger partial charge on any atom is -0.323 e. The highest BCUT2D eigenvalue weighted by atomic mass is 35.5. The van der Waals surface area contributed by atoms with Crippen LogP contribution in [0.2, 0.25) is 15.2 Å². The van der Waals surface area contributed by atoms with Crippen LogP contribution >= 0.6 is 34.8 Å². The van der Waals surface area contributed by atoms with Gasteiger partial charge in [0.2, 0.25) is 10.0 Å². The number of benzene rings is 1. The molecule has 2 rings (SSSR count). The van der Waals surface area contributed by atoms with Crippen molar-refractivity contribution in [2.45, 2.75) is 39.7 Å². The first-order valence-electron chi connectivity index (χ1n) is 9.02. The predicted octanol–water partition coefficient (Wildman–Crippen LogP) is 4.85. The highest BCUT2D eigenvalue weighted by Crippen LogP contribution is 2.25. The van der Waals surface area contributed by atoms with Gasteiger partial charge in [0.15, 0.2) is 5.15 Å². The molecule has 1 aromatic carbocycles. The first kappa shape index (κ1) is 23.7. The molecule has 1 N–H and O–H groups in total. The quantitative estimate of drug-likeness (QED) is 0.413. The predicted molar refractivity (Wildman–Crippen MR) is 118 cm³/mol. The number of nitrogens with zero attached hydrogens (tertiary/aromatic N) is 2. The summed E-state index contributed by atoms with van der Waals surface area (Å²) in [6.45, 7) is 4.10. The molecule has 0 atom stereocenters. The van der Waals surface area contributed by atoms with Gasteiger partial charge < -0.3 is 4.57 Å². The number of rotatable bonds is 9. The van der Waals surface area contributed by atoms with E-state index in [9.17, 15) is 13.2 Å². The van der Waals surface area contributed by atoms with E-state index in [-0.39, 0.29) is 10.9 Å². The molecule has 0 spiro atoms. The van der Waals surface area contributed by atoms with Crippen molar-refractivity contribution in [2.24, 2.45) is 0 Å². The van der Waals surface area contributed by atoms with E-state index in [0.717, 1.165) is 24.5 Å². The number of halogens is 3. The van der Waals surface area contributed by atoms with Crippen LogP contribution in [0.25, 0.3) is 6.08 Å². The first-order valence-corrected chi connectivity index (χ1v) is 11.8. The smallest absolute Gasteiger partial charge is 0.257 e. The van der Waals surface area contributed by atoms with Crippen molar-refractivity contribution in [1.82, 2.24) is 14.3 Å². The molecule has 2 aromatic rings. The third kappa shape index (κ3) is 7.03. The zero-order valence-corrected chi connectivity index (χ0v) is 19.2. The Hall–Kier alpha value is -1.54. The van der Waals surface area contributed by atoms with Crippen LogP contribution in [0, 0.1) is 6.92 Å². The fraction of sp³-hybridized carbons (Fsp3) is 0.368. The fourth-order valence-corrected chi connectivity index (χ4v) is 4.48. The molecule has 0 aliphatic heterocycles. The lowest BCUT2D eigenvalue weighted by atomic mass is 10.2. The summed E-state index contributed by atoms with van der Waals surface area (Å²) in [5.74, 6) is -0.214. The molecule has 0 aliphatic rings. The van der Waals surface area contributed by atoms with Gasteiger partial charge in [0.1, 0.15) is 5.82 Å². The summed E-state index contributed by atoms with van der Waals surface area (Å²) in [7, 11) is -3.67. The van der Waals surface area contributed by atoms with Crippen molar-refractivity contribution in [3.8, 4) is 0 Å². The Labute approximate surface area is 185 Å². The number of hydrogen-bond acceptors (Lipinski definition) is 4. The minimum atomic E-state index is -3.67. The van der Waals surface area contributed by atoms with Crippen molar-refractivity contribution in [3.63, 3.8) is 0 Å². The summed E-state index contributed by atoms with van der Waals surface area (Å²) >= 11 is 18.4. The molecule has 0 fully saturated rings. The Morgan fingerprint density at radius 3 is 2.62 bits per heavy atom. The molecule has 0 radical (unpaired) electrons. The highest BCUT2D eigenvalue weighted by molar-refractivity contribution is 7.90. The van der Waals surface area contributed by atoms with E-state index in [0.29, 0.717) is 34.5 Å². The molecule has 0 saturated heterocycles. The fourth-order valence-electron chi connectivity index (χ4n) is 2.66. The Balaban J connectivity index is 2.17. The van der Waals surface area contributed by atoms with Crippen LogP contribution in [0.3, 0.4) is 0 Å². The number of aromatic nitrogens is 2. The van der Waals surface area contributed by atoms with Crippen LogP contribution in [0.5, 0.6) is 0 Å². The second kappa shape index (κ2) is 10.5. The van der Waals surface area contributed by atoms with Gasteiger partial charge in [0.05, 0.1) is 18.0 Å². The number of carbonyl (C=O) groups is 1. The van der Waals surface area contributed by atoms with Gasteiger partial charge in [-0.25, -0.2) is 18.1 Å². The van der Waals surface area contributed by atoms with Crippen LogP contribution in [-0.2, 0) is 21.4 Å². The normalized spacial score (nSPS) is 11.9. The Kier molecular flexibility index (Phi) is 8.58. The maximum absolute atomic E-state index is 12.1. The van der Waals surface area contributed by atoms with Gasteiger partial charge in [-0.2, -0.15) is 0 Å². The zero-order chi connectivity index (χ0) is 21.6. The number of carbonyl (C=O) groups excluding carboxylic acids is 1. The largest absolute Gasteiger partial charge is 0.323 e. The molecular formula is C19H22Cl3N3O3S. The SMILES string of the molecule is CCCCCS(=O)(=O)NC(=O)/C=C/c1c(Cl)nc(C)n1Cc1ccc(Cl)cc1Cl. The van der Waals surface area contributed by atoms with E-state index < -0.39 is 15.9 Å². The second-order valence-electron chi connectivity index (χ2n) is 6.48. The molecular weight excluding hydrogens is 457 g/mol. The molecule has 6 nitrogen and oxygen atoms in total. The van der Waals surface area contributed by atoms with Crippen LogP contribution in [0.15, 0.2) is 24.3 Å². The number of sulfonamides is 1. The van der Waals surface area contributed by atoms with Crippen LogP contribution in [-0.4, -0.2) is 29.6 Å². The Morgan fingerprint density at radius 2 is 1.97 bits per heavy atom. The number of imidazole rings is 1. The molecule has 0 unspecified atom stereocenters. The Bertz CT molecular complexity index is 1020. The molecule has 1 aromatic heterocycles. The number of aryl methyl sites for hydroxylation is 1. The van der Waals surface area contributed by atoms with E-state index in [2.05, 4.69) is 4.98 Å². The number of unbranched alkanes of at least 4 members (excludes halogenated alkanes) is 2. The zero-order valence-electron chi connectivity index (χ0n) is 16.1. The van der Waals surface area contributed by atoms with Crippen LogP contribution in [0.4, 0.5) is 0 Å². The van der Waals surface area contributed by atoms with Gasteiger partial charge in [-0.3, -0.25) is 4.79 Å². The second-order valence-corrected chi connectivity index (χ2v) is 9.53. The van der Waals surface area contributed by atoms with Gasteiger partial charge in [0.25, 0.3) is 5.91 Å². The van der Waals surface area contributed by atoms with E-state index >= 15 is 0 Å². The maximum atomic E-state index is 12.1. The highest BCUT2D eigenvalue weighted by Gasteiger charge is 2.15. The average molecular weight is 479 g/mol. The molecule has 10 heteroatoms. The summed E-state index contributed by atoms with van der Waals surface area (Å²) in [4.78, 5) is 16.3. The lowest BCUT2D eigenvalue weighted by Gasteiger charge is -2.10. The van der Waals surface area contributed by atoms with Crippen molar-refractivity contribution >= 4 is 56.8 Å². The van der Waals surface area contributed by atoms with Crippen LogP contribution < -0.4 is 4.72 Å². The van der Waals surface area contributed by atoms with Gasteiger partial charge in [-0.05, 0) is 37.1 Å². The molecule has 0 saturated carbocycles. The van der Waals surface area contributed by atoms with Crippen molar-refractivity contribution in [3.05, 3.63) is 56.6 Å². The lowest BCUT2D eigenvalue weighted by molar-refractivity contribution is -0.114. The van der Waals surface area contributed by atoms with Crippen LogP contribution in [0.1, 0.15) is 43.3 Å². The molecule has 1 amide bonds. The first-order chi connectivity index (χ1) is 13.6. The molecule has 29 heavy (non-hydrogen) atoms. The molecule has 0 aliphatic carbocycles. The van der Waals surface area contributed by atoms with Crippen molar-refractivity contribution < 1.29 is 13.2 Å². The molecule has 158 valence electrons. The average Bonchev–Trinajstić information content (AvgIpc) is 2.88. The molecule has 1 heterocycles. The van der Waals surface area contributed by atoms with Gasteiger partial charge in [0, 0.05) is 16.1 Å². The van der Waals surface area contributed by atoms with Gasteiger partial charge in [-0.1, -0.05) is 60.6 Å². The van der Waals surface area contributed by atoms with Crippen molar-refractivity contribution in [1.29, 1.82) is 0 Å². The third-order valence-electron chi connectivity index (χ3n) is 4.16. The summed E-state index contributed by atoms with van der Waals surface area (Å²) in [5.41, 5.74) is 1.26. The number of amides is 1. The molecule has 0 bridgehead atoms. The number of hydrogen-bond donors (Lipinski definition) is 1. The minimum absolute atomic E-state index is 0.0900. The van der Waals surface area contributed by atoms with E-state index in [1.807, 2.05) is 11.6 Å². The maximum Gasteiger partial charge on any atom is 0.257 e. The van der Waals surface area contributed by atoms with Crippen molar-refractivity contribution in [2.75, 3.05) is 5.75 Å². The summed E-state index contributed by atoms with van der Waals surface area (Å²) < 4.78 is 27.7. The third-order valence-corrected chi connectivity index (χ3v) is 6.37. The monoisotopic (exact) mass is 477 g/mol. The summed E-state index contributed by atoms with van der Waals surface area (Å²) in [6, 6.07) is 5.16. The van der Waals surface area contributed by atoms with Gasteiger partial charge in [-0.15, -0.1) is 0 Å². The van der Waals surface area contributed by atoms with E-state index in [1.54, 1.807) is 29.7 Å². The lowest BCUT2D eigenvalue weighted by Crippen LogP contribution is -2.31. The van der Waals surface area contributed by atoms with E-state index in [4.69, 9.17) is 34.8 Å². The standard InChI is InChI=1S/C19H22Cl3N3O3S/c1-3-4-5-10-29(27,28)24-18(26)9-8-17-19(22)23-13(2)25(17)12-14-6-7-15(20)11-16(14)21/h6-9,11H,3-5,10,12H2,1-2H3,(H,24,26)/b9-8+. The van der Waals surface area contributed by atoms with E-state index in [1.165, 1.54) is 6.08 Å². The topological polar surface area (TPSA) is 81.1 Å². The summed E-state index contributed by atoms with van der Waals surface area (Å²) in [6.07, 6.45) is 4.74. The number of nitrogens with one attached hydrogen (secondary N) is 1.